The molecule has 2 heterocycles. The van der Waals surface area contributed by atoms with Crippen molar-refractivity contribution in [3.8, 4) is 0 Å². The lowest BCUT2D eigenvalue weighted by Gasteiger charge is -2.08. The number of carbonyl (C=O) groups excluding carboxylic acids is 1. The summed E-state index contributed by atoms with van der Waals surface area (Å²) in [5.41, 5.74) is 1.30. The van der Waals surface area contributed by atoms with E-state index in [1.807, 2.05) is 13.8 Å². The molecule has 0 radical (unpaired) electrons. The lowest BCUT2D eigenvalue weighted by atomic mass is 10.2. The maximum atomic E-state index is 12.1. The van der Waals surface area contributed by atoms with Crippen LogP contribution >= 0.6 is 11.3 Å². The molecule has 94 valence electrons. The smallest absolute Gasteiger partial charge is 0.261 e. The predicted octanol–water partition coefficient (Wildman–Crippen LogP) is 2.53. The van der Waals surface area contributed by atoms with Crippen molar-refractivity contribution in [3.63, 3.8) is 0 Å². The van der Waals surface area contributed by atoms with Gasteiger partial charge < -0.3 is 5.32 Å². The predicted molar refractivity (Wildman–Crippen MR) is 73.2 cm³/mol. The number of nitrogens with zero attached hydrogens (tertiary/aromatic N) is 2. The third-order valence-electron chi connectivity index (χ3n) is 2.27. The minimum atomic E-state index is -0.201. The van der Waals surface area contributed by atoms with Gasteiger partial charge in [0.1, 0.15) is 0 Å². The van der Waals surface area contributed by atoms with Crippen LogP contribution in [0.5, 0.6) is 0 Å². The SMILES string of the molecule is CCNc1ccncc1C(=O)Nc1ncc(C)s1. The first-order valence-corrected chi connectivity index (χ1v) is 6.44. The van der Waals surface area contributed by atoms with Gasteiger partial charge in [-0.15, -0.1) is 11.3 Å². The molecule has 2 aromatic rings. The number of aryl methyl sites for hydroxylation is 1. The van der Waals surface area contributed by atoms with Gasteiger partial charge in [0.15, 0.2) is 5.13 Å². The second-order valence-corrected chi connectivity index (χ2v) is 4.92. The summed E-state index contributed by atoms with van der Waals surface area (Å²) in [4.78, 5) is 21.2. The molecule has 0 fully saturated rings. The fourth-order valence-electron chi connectivity index (χ4n) is 1.50. The van der Waals surface area contributed by atoms with E-state index in [0.717, 1.165) is 17.1 Å². The maximum absolute atomic E-state index is 12.1. The molecule has 0 aromatic carbocycles. The van der Waals surface area contributed by atoms with E-state index in [4.69, 9.17) is 0 Å². The van der Waals surface area contributed by atoms with Crippen LogP contribution in [0.2, 0.25) is 0 Å². The number of thiazole rings is 1. The molecule has 0 saturated carbocycles. The average Bonchev–Trinajstić information content (AvgIpc) is 2.76. The molecule has 2 aromatic heterocycles. The summed E-state index contributed by atoms with van der Waals surface area (Å²) in [7, 11) is 0. The Kier molecular flexibility index (Phi) is 3.88. The molecule has 0 saturated heterocycles. The Bertz CT molecular complexity index is 553. The normalized spacial score (nSPS) is 10.1. The number of anilines is 2. The summed E-state index contributed by atoms with van der Waals surface area (Å²) in [6, 6.07) is 1.78. The summed E-state index contributed by atoms with van der Waals surface area (Å²) in [5, 5.41) is 6.50. The number of hydrogen-bond acceptors (Lipinski definition) is 5. The number of rotatable bonds is 4. The molecule has 5 nitrogen and oxygen atoms in total. The van der Waals surface area contributed by atoms with E-state index in [9.17, 15) is 4.79 Å². The molecular formula is C12H14N4OS. The molecule has 0 aliphatic carbocycles. The van der Waals surface area contributed by atoms with Gasteiger partial charge in [-0.2, -0.15) is 0 Å². The zero-order valence-electron chi connectivity index (χ0n) is 10.2. The van der Waals surface area contributed by atoms with E-state index in [1.54, 1.807) is 24.7 Å². The molecule has 0 unspecified atom stereocenters. The van der Waals surface area contributed by atoms with Crippen LogP contribution in [0.15, 0.2) is 24.7 Å². The summed E-state index contributed by atoms with van der Waals surface area (Å²) in [5.74, 6) is -0.201. The van der Waals surface area contributed by atoms with Crippen LogP contribution < -0.4 is 10.6 Å². The van der Waals surface area contributed by atoms with Gasteiger partial charge in [-0.3, -0.25) is 15.1 Å². The topological polar surface area (TPSA) is 66.9 Å². The van der Waals surface area contributed by atoms with Crippen LogP contribution in [0.1, 0.15) is 22.2 Å². The van der Waals surface area contributed by atoms with Crippen LogP contribution in [0.25, 0.3) is 0 Å². The molecule has 0 aliphatic heterocycles. The Labute approximate surface area is 109 Å². The zero-order chi connectivity index (χ0) is 13.0. The van der Waals surface area contributed by atoms with Crippen molar-refractivity contribution < 1.29 is 4.79 Å². The van der Waals surface area contributed by atoms with Gasteiger partial charge in [0.05, 0.1) is 11.3 Å². The van der Waals surface area contributed by atoms with Gasteiger partial charge in [-0.25, -0.2) is 4.98 Å². The second-order valence-electron chi connectivity index (χ2n) is 3.68. The fraction of sp³-hybridized carbons (Fsp3) is 0.250. The van der Waals surface area contributed by atoms with Crippen LogP contribution in [-0.4, -0.2) is 22.4 Å². The van der Waals surface area contributed by atoms with Gasteiger partial charge in [0, 0.05) is 30.0 Å². The summed E-state index contributed by atoms with van der Waals surface area (Å²) in [6.07, 6.45) is 4.94. The lowest BCUT2D eigenvalue weighted by molar-refractivity contribution is 0.102. The number of nitrogens with one attached hydrogen (secondary N) is 2. The summed E-state index contributed by atoms with van der Waals surface area (Å²) >= 11 is 1.45. The minimum Gasteiger partial charge on any atom is -0.385 e. The standard InChI is InChI=1S/C12H14N4OS/c1-3-14-10-4-5-13-7-9(10)11(17)16-12-15-6-8(2)18-12/h4-7H,3H2,1-2H3,(H,13,14)(H,15,16,17). The van der Waals surface area contributed by atoms with Crippen LogP contribution in [0, 0.1) is 6.92 Å². The highest BCUT2D eigenvalue weighted by molar-refractivity contribution is 7.15. The van der Waals surface area contributed by atoms with Gasteiger partial charge in [-0.05, 0) is 19.9 Å². The van der Waals surface area contributed by atoms with Gasteiger partial charge in [-0.1, -0.05) is 0 Å². The van der Waals surface area contributed by atoms with Crippen molar-refractivity contribution in [1.82, 2.24) is 9.97 Å². The largest absolute Gasteiger partial charge is 0.385 e. The Morgan fingerprint density at radius 3 is 2.94 bits per heavy atom. The van der Waals surface area contributed by atoms with Crippen molar-refractivity contribution in [2.75, 3.05) is 17.2 Å². The van der Waals surface area contributed by atoms with Crippen molar-refractivity contribution in [1.29, 1.82) is 0 Å². The highest BCUT2D eigenvalue weighted by Gasteiger charge is 2.12. The fourth-order valence-corrected chi connectivity index (χ4v) is 2.16. The van der Waals surface area contributed by atoms with Gasteiger partial charge >= 0.3 is 0 Å². The van der Waals surface area contributed by atoms with Crippen molar-refractivity contribution in [2.45, 2.75) is 13.8 Å². The Hall–Kier alpha value is -1.95. The van der Waals surface area contributed by atoms with E-state index in [-0.39, 0.29) is 5.91 Å². The Balaban J connectivity index is 2.18. The highest BCUT2D eigenvalue weighted by Crippen LogP contribution is 2.19. The molecule has 6 heteroatoms. The van der Waals surface area contributed by atoms with E-state index < -0.39 is 0 Å². The Morgan fingerprint density at radius 2 is 2.28 bits per heavy atom. The van der Waals surface area contributed by atoms with Crippen molar-refractivity contribution in [3.05, 3.63) is 35.1 Å². The third kappa shape index (κ3) is 2.84. The van der Waals surface area contributed by atoms with Crippen molar-refractivity contribution >= 4 is 28.1 Å². The quantitative estimate of drug-likeness (QED) is 0.888. The molecule has 0 bridgehead atoms. The van der Waals surface area contributed by atoms with Gasteiger partial charge in [0.2, 0.25) is 0 Å². The lowest BCUT2D eigenvalue weighted by Crippen LogP contribution is -2.15. The first kappa shape index (κ1) is 12.5. The maximum Gasteiger partial charge on any atom is 0.261 e. The molecule has 18 heavy (non-hydrogen) atoms. The summed E-state index contributed by atoms with van der Waals surface area (Å²) in [6.45, 7) is 4.68. The average molecular weight is 262 g/mol. The zero-order valence-corrected chi connectivity index (χ0v) is 11.0. The highest BCUT2D eigenvalue weighted by atomic mass is 32.1. The Morgan fingerprint density at radius 1 is 1.44 bits per heavy atom. The van der Waals surface area contributed by atoms with E-state index in [1.165, 1.54) is 11.3 Å². The molecular weight excluding hydrogens is 248 g/mol. The molecule has 2 rings (SSSR count). The molecule has 2 N–H and O–H groups in total. The number of hydrogen-bond donors (Lipinski definition) is 2. The van der Waals surface area contributed by atoms with Crippen molar-refractivity contribution in [2.24, 2.45) is 0 Å². The van der Waals surface area contributed by atoms with Gasteiger partial charge in [0.25, 0.3) is 5.91 Å². The second kappa shape index (κ2) is 5.59. The van der Waals surface area contributed by atoms with E-state index >= 15 is 0 Å². The first-order chi connectivity index (χ1) is 8.70. The molecule has 0 atom stereocenters. The minimum absolute atomic E-state index is 0.201. The third-order valence-corrected chi connectivity index (χ3v) is 3.10. The molecule has 0 aliphatic rings. The molecule has 1 amide bonds. The number of pyridine rings is 1. The van der Waals surface area contributed by atoms with E-state index in [0.29, 0.717) is 10.7 Å². The number of amides is 1. The number of carbonyl (C=O) groups is 1. The molecule has 0 spiro atoms. The van der Waals surface area contributed by atoms with Crippen LogP contribution in [0.4, 0.5) is 10.8 Å². The summed E-state index contributed by atoms with van der Waals surface area (Å²) < 4.78 is 0. The number of aromatic nitrogens is 2. The van der Waals surface area contributed by atoms with E-state index in [2.05, 4.69) is 20.6 Å². The monoisotopic (exact) mass is 262 g/mol. The van der Waals surface area contributed by atoms with Crippen LogP contribution in [0.3, 0.4) is 0 Å². The van der Waals surface area contributed by atoms with Crippen LogP contribution in [-0.2, 0) is 0 Å². The first-order valence-electron chi connectivity index (χ1n) is 5.62.